The average molecular weight is 284 g/mol. The van der Waals surface area contributed by atoms with Crippen LogP contribution >= 0.6 is 11.6 Å². The minimum atomic E-state index is -0.432. The van der Waals surface area contributed by atoms with E-state index in [0.29, 0.717) is 23.2 Å². The van der Waals surface area contributed by atoms with Crippen molar-refractivity contribution in [2.45, 2.75) is 39.5 Å². The second-order valence-electron chi connectivity index (χ2n) is 4.72. The Bertz CT molecular complexity index is 400. The van der Waals surface area contributed by atoms with Crippen molar-refractivity contribution in [3.05, 3.63) is 28.8 Å². The van der Waals surface area contributed by atoms with Crippen LogP contribution in [0.3, 0.4) is 0 Å². The molecule has 106 valence electrons. The second kappa shape index (κ2) is 8.05. The van der Waals surface area contributed by atoms with Crippen molar-refractivity contribution < 1.29 is 9.53 Å². The molecule has 4 heteroatoms. The van der Waals surface area contributed by atoms with Crippen LogP contribution in [0.1, 0.15) is 49.9 Å². The van der Waals surface area contributed by atoms with E-state index >= 15 is 0 Å². The van der Waals surface area contributed by atoms with Gasteiger partial charge in [0.25, 0.3) is 0 Å². The van der Waals surface area contributed by atoms with Crippen LogP contribution in [0.5, 0.6) is 0 Å². The van der Waals surface area contributed by atoms with E-state index in [9.17, 15) is 4.79 Å². The third-order valence-corrected chi connectivity index (χ3v) is 3.56. The first kappa shape index (κ1) is 15.8. The summed E-state index contributed by atoms with van der Waals surface area (Å²) in [6.07, 6.45) is 4.40. The fourth-order valence-corrected chi connectivity index (χ4v) is 2.18. The lowest BCUT2D eigenvalue weighted by Gasteiger charge is -2.15. The van der Waals surface area contributed by atoms with Gasteiger partial charge in [0, 0.05) is 5.69 Å². The van der Waals surface area contributed by atoms with Crippen LogP contribution in [-0.4, -0.2) is 12.6 Å². The van der Waals surface area contributed by atoms with Crippen LogP contribution in [0, 0.1) is 5.92 Å². The zero-order chi connectivity index (χ0) is 14.3. The Morgan fingerprint density at radius 3 is 2.74 bits per heavy atom. The maximum atomic E-state index is 12.0. The van der Waals surface area contributed by atoms with Gasteiger partial charge in [0.15, 0.2) is 0 Å². The molecule has 0 amide bonds. The zero-order valence-corrected chi connectivity index (χ0v) is 12.4. The maximum absolute atomic E-state index is 12.0. The van der Waals surface area contributed by atoms with E-state index in [1.54, 1.807) is 18.2 Å². The molecule has 1 aromatic carbocycles. The van der Waals surface area contributed by atoms with Crippen LogP contribution in [0.25, 0.3) is 0 Å². The van der Waals surface area contributed by atoms with Gasteiger partial charge in [0.2, 0.25) is 0 Å². The van der Waals surface area contributed by atoms with Crippen molar-refractivity contribution in [1.29, 1.82) is 0 Å². The Kier molecular flexibility index (Phi) is 6.71. The minimum Gasteiger partial charge on any atom is -0.462 e. The zero-order valence-electron chi connectivity index (χ0n) is 11.6. The molecule has 0 aromatic heterocycles. The molecule has 2 N–H and O–H groups in total. The van der Waals surface area contributed by atoms with Crippen LogP contribution in [0.15, 0.2) is 18.2 Å². The van der Waals surface area contributed by atoms with E-state index in [-0.39, 0.29) is 5.56 Å². The van der Waals surface area contributed by atoms with Gasteiger partial charge in [-0.05, 0) is 24.5 Å². The van der Waals surface area contributed by atoms with E-state index in [1.807, 2.05) is 0 Å². The SMILES string of the molecule is CCCCC(CC)COC(=O)c1c(N)cccc1Cl. The molecular formula is C15H22ClNO2. The monoisotopic (exact) mass is 283 g/mol. The molecule has 1 aromatic rings. The maximum Gasteiger partial charge on any atom is 0.341 e. The number of carbonyl (C=O) groups is 1. The second-order valence-corrected chi connectivity index (χ2v) is 5.13. The minimum absolute atomic E-state index is 0.273. The van der Waals surface area contributed by atoms with Crippen molar-refractivity contribution in [2.24, 2.45) is 5.92 Å². The summed E-state index contributed by atoms with van der Waals surface area (Å²) < 4.78 is 5.34. The van der Waals surface area contributed by atoms with Crippen molar-refractivity contribution in [2.75, 3.05) is 12.3 Å². The first-order valence-corrected chi connectivity index (χ1v) is 7.19. The van der Waals surface area contributed by atoms with Gasteiger partial charge in [-0.15, -0.1) is 0 Å². The molecule has 1 rings (SSSR count). The number of unbranched alkanes of at least 4 members (excludes halogenated alkanes) is 1. The molecule has 0 saturated carbocycles. The summed E-state index contributed by atoms with van der Waals surface area (Å²) in [6.45, 7) is 4.70. The molecule has 0 spiro atoms. The Morgan fingerprint density at radius 1 is 1.42 bits per heavy atom. The van der Waals surface area contributed by atoms with Gasteiger partial charge in [-0.2, -0.15) is 0 Å². The summed E-state index contributed by atoms with van der Waals surface area (Å²) in [5, 5.41) is 0.339. The fourth-order valence-electron chi connectivity index (χ4n) is 1.92. The summed E-state index contributed by atoms with van der Waals surface area (Å²) in [7, 11) is 0. The highest BCUT2D eigenvalue weighted by atomic mass is 35.5. The van der Waals surface area contributed by atoms with Gasteiger partial charge in [0.05, 0.1) is 11.6 Å². The summed E-state index contributed by atoms with van der Waals surface area (Å²) >= 11 is 5.98. The fraction of sp³-hybridized carbons (Fsp3) is 0.533. The van der Waals surface area contributed by atoms with E-state index < -0.39 is 5.97 Å². The predicted molar refractivity (Wildman–Crippen MR) is 79.5 cm³/mol. The molecule has 0 radical (unpaired) electrons. The first-order valence-electron chi connectivity index (χ1n) is 6.81. The Morgan fingerprint density at radius 2 is 2.16 bits per heavy atom. The molecule has 19 heavy (non-hydrogen) atoms. The van der Waals surface area contributed by atoms with Crippen LogP contribution in [0.4, 0.5) is 5.69 Å². The summed E-state index contributed by atoms with van der Waals surface area (Å²) in [4.78, 5) is 12.0. The van der Waals surface area contributed by atoms with Crippen molar-refractivity contribution in [3.8, 4) is 0 Å². The smallest absolute Gasteiger partial charge is 0.341 e. The first-order chi connectivity index (χ1) is 9.10. The van der Waals surface area contributed by atoms with E-state index in [4.69, 9.17) is 22.1 Å². The molecule has 0 aliphatic heterocycles. The predicted octanol–water partition coefficient (Wildman–Crippen LogP) is 4.30. The van der Waals surface area contributed by atoms with Crippen molar-refractivity contribution in [3.63, 3.8) is 0 Å². The molecule has 0 bridgehead atoms. The number of halogens is 1. The van der Waals surface area contributed by atoms with Gasteiger partial charge in [-0.3, -0.25) is 0 Å². The normalized spacial score (nSPS) is 12.2. The molecule has 0 fully saturated rings. The molecule has 0 aliphatic carbocycles. The van der Waals surface area contributed by atoms with E-state index in [0.717, 1.165) is 25.7 Å². The average Bonchev–Trinajstić information content (AvgIpc) is 2.38. The molecule has 0 saturated heterocycles. The molecule has 0 heterocycles. The highest BCUT2D eigenvalue weighted by Crippen LogP contribution is 2.23. The lowest BCUT2D eigenvalue weighted by atomic mass is 10.0. The van der Waals surface area contributed by atoms with E-state index in [1.165, 1.54) is 0 Å². The molecule has 3 nitrogen and oxygen atoms in total. The number of nitrogen functional groups attached to an aromatic ring is 1. The summed E-state index contributed by atoms with van der Waals surface area (Å²) in [5.74, 6) is -0.0225. The number of carbonyl (C=O) groups excluding carboxylic acids is 1. The summed E-state index contributed by atoms with van der Waals surface area (Å²) in [6, 6.07) is 5.00. The molecule has 1 atom stereocenters. The van der Waals surface area contributed by atoms with Gasteiger partial charge in [0.1, 0.15) is 5.56 Å². The Labute approximate surface area is 120 Å². The third-order valence-electron chi connectivity index (χ3n) is 3.24. The highest BCUT2D eigenvalue weighted by Gasteiger charge is 2.17. The van der Waals surface area contributed by atoms with Crippen LogP contribution in [-0.2, 0) is 4.74 Å². The standard InChI is InChI=1S/C15H22ClNO2/c1-3-5-7-11(4-2)10-19-15(18)14-12(16)8-6-9-13(14)17/h6,8-9,11H,3-5,7,10,17H2,1-2H3. The number of hydrogen-bond donors (Lipinski definition) is 1. The number of nitrogens with two attached hydrogens (primary N) is 1. The lowest BCUT2D eigenvalue weighted by Crippen LogP contribution is -2.15. The quantitative estimate of drug-likeness (QED) is 0.600. The van der Waals surface area contributed by atoms with Crippen LogP contribution < -0.4 is 5.73 Å². The van der Waals surface area contributed by atoms with Crippen LogP contribution in [0.2, 0.25) is 5.02 Å². The largest absolute Gasteiger partial charge is 0.462 e. The van der Waals surface area contributed by atoms with Gasteiger partial charge < -0.3 is 10.5 Å². The lowest BCUT2D eigenvalue weighted by molar-refractivity contribution is 0.0429. The molecule has 0 aliphatic rings. The Hall–Kier alpha value is -1.22. The number of anilines is 1. The number of hydrogen-bond acceptors (Lipinski definition) is 3. The van der Waals surface area contributed by atoms with Crippen molar-refractivity contribution >= 4 is 23.3 Å². The number of benzene rings is 1. The van der Waals surface area contributed by atoms with Gasteiger partial charge in [-0.25, -0.2) is 4.79 Å². The van der Waals surface area contributed by atoms with Gasteiger partial charge in [-0.1, -0.05) is 50.8 Å². The number of esters is 1. The van der Waals surface area contributed by atoms with E-state index in [2.05, 4.69) is 13.8 Å². The highest BCUT2D eigenvalue weighted by molar-refractivity contribution is 6.34. The van der Waals surface area contributed by atoms with Crippen molar-refractivity contribution in [1.82, 2.24) is 0 Å². The molecular weight excluding hydrogens is 262 g/mol. The molecule has 1 unspecified atom stereocenters. The summed E-state index contributed by atoms with van der Waals surface area (Å²) in [5.41, 5.74) is 6.39. The Balaban J connectivity index is 2.59. The number of rotatable bonds is 7. The topological polar surface area (TPSA) is 52.3 Å². The van der Waals surface area contributed by atoms with Gasteiger partial charge >= 0.3 is 5.97 Å². The number of ether oxygens (including phenoxy) is 1. The third kappa shape index (κ3) is 4.75.